The van der Waals surface area contributed by atoms with Gasteiger partial charge in [-0.2, -0.15) is 0 Å². The van der Waals surface area contributed by atoms with E-state index in [4.69, 9.17) is 9.47 Å². The largest absolute Gasteiger partial charge is 0.477 e. The number of nitrogens with zero attached hydrogens (tertiary/aromatic N) is 2. The van der Waals surface area contributed by atoms with Gasteiger partial charge in [0.05, 0.1) is 25.0 Å². The van der Waals surface area contributed by atoms with Crippen LogP contribution in [-0.2, 0) is 10.3 Å². The van der Waals surface area contributed by atoms with Crippen LogP contribution in [0.5, 0.6) is 5.75 Å². The summed E-state index contributed by atoms with van der Waals surface area (Å²) in [6, 6.07) is 8.36. The second-order valence-electron chi connectivity index (χ2n) is 7.25. The maximum Gasteiger partial charge on any atom is 0.410 e. The Balaban J connectivity index is 1.81. The average Bonchev–Trinajstić information content (AvgIpc) is 2.51. The standard InChI is InChI=1S/C19H20F2N2O3/c1-18(2,3)26-17(24)23-11-19(12-23,16-9-6-14(21)10-22-16)25-15-7-4-13(20)5-8-15/h4-10H,11-12H2,1-3H3. The lowest BCUT2D eigenvalue weighted by Gasteiger charge is -2.48. The highest BCUT2D eigenvalue weighted by atomic mass is 19.1. The van der Waals surface area contributed by atoms with Gasteiger partial charge in [0.1, 0.15) is 23.0 Å². The molecule has 5 nitrogen and oxygen atoms in total. The summed E-state index contributed by atoms with van der Waals surface area (Å²) in [5, 5.41) is 0. The van der Waals surface area contributed by atoms with Gasteiger partial charge in [0.15, 0.2) is 5.60 Å². The molecule has 0 atom stereocenters. The highest BCUT2D eigenvalue weighted by molar-refractivity contribution is 5.70. The molecule has 0 unspecified atom stereocenters. The number of aromatic nitrogens is 1. The number of amides is 1. The summed E-state index contributed by atoms with van der Waals surface area (Å²) in [4.78, 5) is 17.8. The molecule has 1 fully saturated rings. The van der Waals surface area contributed by atoms with Crippen molar-refractivity contribution in [1.82, 2.24) is 9.88 Å². The molecule has 0 N–H and O–H groups in total. The third kappa shape index (κ3) is 3.92. The van der Waals surface area contributed by atoms with Crippen molar-refractivity contribution in [2.75, 3.05) is 13.1 Å². The first-order valence-electron chi connectivity index (χ1n) is 8.21. The number of ether oxygens (including phenoxy) is 2. The van der Waals surface area contributed by atoms with Crippen LogP contribution in [0.15, 0.2) is 42.6 Å². The van der Waals surface area contributed by atoms with Crippen LogP contribution in [0.3, 0.4) is 0 Å². The van der Waals surface area contributed by atoms with Crippen LogP contribution in [0.1, 0.15) is 26.5 Å². The van der Waals surface area contributed by atoms with Crippen LogP contribution in [-0.4, -0.2) is 34.7 Å². The van der Waals surface area contributed by atoms with E-state index in [1.54, 1.807) is 20.8 Å². The number of carbonyl (C=O) groups is 1. The molecule has 1 saturated heterocycles. The van der Waals surface area contributed by atoms with Gasteiger partial charge in [0, 0.05) is 0 Å². The third-order valence-corrected chi connectivity index (χ3v) is 3.87. The number of carbonyl (C=O) groups excluding carboxylic acids is 1. The van der Waals surface area contributed by atoms with E-state index >= 15 is 0 Å². The second-order valence-corrected chi connectivity index (χ2v) is 7.25. The first kappa shape index (κ1) is 18.1. The molecule has 1 amide bonds. The Kier molecular flexibility index (Phi) is 4.56. The van der Waals surface area contributed by atoms with Crippen molar-refractivity contribution in [3.8, 4) is 5.75 Å². The van der Waals surface area contributed by atoms with Crippen LogP contribution < -0.4 is 4.74 Å². The molecule has 3 rings (SSSR count). The minimum Gasteiger partial charge on any atom is -0.477 e. The number of likely N-dealkylation sites (tertiary alicyclic amines) is 1. The monoisotopic (exact) mass is 362 g/mol. The van der Waals surface area contributed by atoms with Crippen molar-refractivity contribution in [1.29, 1.82) is 0 Å². The Hall–Kier alpha value is -2.70. The predicted molar refractivity (Wildman–Crippen MR) is 90.7 cm³/mol. The van der Waals surface area contributed by atoms with Crippen molar-refractivity contribution in [2.24, 2.45) is 0 Å². The van der Waals surface area contributed by atoms with E-state index in [2.05, 4.69) is 4.98 Å². The molecule has 0 radical (unpaired) electrons. The van der Waals surface area contributed by atoms with E-state index in [0.29, 0.717) is 11.4 Å². The molecular weight excluding hydrogens is 342 g/mol. The molecule has 1 aliphatic rings. The lowest BCUT2D eigenvalue weighted by Crippen LogP contribution is -2.65. The number of rotatable bonds is 3. The number of pyridine rings is 1. The fourth-order valence-electron chi connectivity index (χ4n) is 2.68. The zero-order valence-electron chi connectivity index (χ0n) is 14.8. The van der Waals surface area contributed by atoms with Crippen molar-refractivity contribution in [3.63, 3.8) is 0 Å². The van der Waals surface area contributed by atoms with E-state index in [1.807, 2.05) is 0 Å². The van der Waals surface area contributed by atoms with Crippen molar-refractivity contribution >= 4 is 6.09 Å². The van der Waals surface area contributed by atoms with E-state index in [-0.39, 0.29) is 18.9 Å². The van der Waals surface area contributed by atoms with Gasteiger partial charge in [0.25, 0.3) is 0 Å². The SMILES string of the molecule is CC(C)(C)OC(=O)N1CC(Oc2ccc(F)cc2)(c2ccc(F)cn2)C1. The lowest BCUT2D eigenvalue weighted by molar-refractivity contribution is -0.0886. The minimum absolute atomic E-state index is 0.192. The van der Waals surface area contributed by atoms with Crippen molar-refractivity contribution in [2.45, 2.75) is 32.0 Å². The molecule has 1 aliphatic heterocycles. The van der Waals surface area contributed by atoms with E-state index in [9.17, 15) is 13.6 Å². The van der Waals surface area contributed by atoms with Crippen LogP contribution in [0.4, 0.5) is 13.6 Å². The number of hydrogen-bond acceptors (Lipinski definition) is 4. The van der Waals surface area contributed by atoms with E-state index in [1.165, 1.54) is 41.3 Å². The van der Waals surface area contributed by atoms with Gasteiger partial charge < -0.3 is 9.47 Å². The molecule has 1 aromatic heterocycles. The maximum absolute atomic E-state index is 13.2. The summed E-state index contributed by atoms with van der Waals surface area (Å²) < 4.78 is 37.7. The summed E-state index contributed by atoms with van der Waals surface area (Å²) in [6.07, 6.45) is 0.638. The molecule has 138 valence electrons. The highest BCUT2D eigenvalue weighted by Gasteiger charge is 2.51. The molecule has 0 aliphatic carbocycles. The zero-order chi connectivity index (χ0) is 18.9. The minimum atomic E-state index is -0.942. The molecule has 26 heavy (non-hydrogen) atoms. The molecule has 2 aromatic rings. The molecule has 2 heterocycles. The average molecular weight is 362 g/mol. The topological polar surface area (TPSA) is 51.7 Å². The molecule has 0 bridgehead atoms. The quantitative estimate of drug-likeness (QED) is 0.831. The van der Waals surface area contributed by atoms with Gasteiger partial charge in [-0.1, -0.05) is 0 Å². The van der Waals surface area contributed by atoms with Gasteiger partial charge in [-0.3, -0.25) is 9.88 Å². The Morgan fingerprint density at radius 3 is 2.23 bits per heavy atom. The fourth-order valence-corrected chi connectivity index (χ4v) is 2.68. The Morgan fingerprint density at radius 1 is 1.08 bits per heavy atom. The fraction of sp³-hybridized carbons (Fsp3) is 0.368. The van der Waals surface area contributed by atoms with Gasteiger partial charge in [-0.05, 0) is 57.2 Å². The molecule has 0 saturated carbocycles. The number of benzene rings is 1. The summed E-state index contributed by atoms with van der Waals surface area (Å²) in [5.74, 6) is -0.411. The molecule has 1 aromatic carbocycles. The summed E-state index contributed by atoms with van der Waals surface area (Å²) in [7, 11) is 0. The van der Waals surface area contributed by atoms with E-state index in [0.717, 1.165) is 6.20 Å². The molecular formula is C19H20F2N2O3. The Labute approximate surface area is 150 Å². The van der Waals surface area contributed by atoms with Crippen LogP contribution in [0, 0.1) is 11.6 Å². The number of hydrogen-bond donors (Lipinski definition) is 0. The van der Waals surface area contributed by atoms with Crippen LogP contribution in [0.2, 0.25) is 0 Å². The van der Waals surface area contributed by atoms with Gasteiger partial charge >= 0.3 is 6.09 Å². The highest BCUT2D eigenvalue weighted by Crippen LogP contribution is 2.37. The second kappa shape index (κ2) is 6.55. The zero-order valence-corrected chi connectivity index (χ0v) is 14.8. The van der Waals surface area contributed by atoms with Gasteiger partial charge in [0.2, 0.25) is 0 Å². The van der Waals surface area contributed by atoms with E-state index < -0.39 is 23.1 Å². The summed E-state index contributed by atoms with van der Waals surface area (Å²) in [5.41, 5.74) is -1.06. The predicted octanol–water partition coefficient (Wildman–Crippen LogP) is 3.88. The first-order valence-corrected chi connectivity index (χ1v) is 8.21. The Morgan fingerprint density at radius 2 is 1.69 bits per heavy atom. The van der Waals surface area contributed by atoms with Crippen molar-refractivity contribution < 1.29 is 23.0 Å². The summed E-state index contributed by atoms with van der Waals surface area (Å²) in [6.45, 7) is 5.74. The molecule has 7 heteroatoms. The Bertz CT molecular complexity index is 780. The smallest absolute Gasteiger partial charge is 0.410 e. The summed E-state index contributed by atoms with van der Waals surface area (Å²) >= 11 is 0. The van der Waals surface area contributed by atoms with Crippen molar-refractivity contribution in [3.05, 3.63) is 59.9 Å². The van der Waals surface area contributed by atoms with Gasteiger partial charge in [-0.25, -0.2) is 13.6 Å². The van der Waals surface area contributed by atoms with Crippen LogP contribution in [0.25, 0.3) is 0 Å². The van der Waals surface area contributed by atoms with Crippen LogP contribution >= 0.6 is 0 Å². The third-order valence-electron chi connectivity index (χ3n) is 3.87. The lowest BCUT2D eigenvalue weighted by atomic mass is 9.89. The first-order chi connectivity index (χ1) is 12.2. The maximum atomic E-state index is 13.2. The number of halogens is 2. The normalized spacial score (nSPS) is 16.0. The molecule has 0 spiro atoms. The van der Waals surface area contributed by atoms with Gasteiger partial charge in [-0.15, -0.1) is 0 Å².